The van der Waals surface area contributed by atoms with Crippen molar-refractivity contribution < 1.29 is 19.4 Å². The zero-order valence-corrected chi connectivity index (χ0v) is 18.5. The van der Waals surface area contributed by atoms with Gasteiger partial charge in [-0.25, -0.2) is 4.79 Å². The van der Waals surface area contributed by atoms with E-state index >= 15 is 0 Å². The van der Waals surface area contributed by atoms with Crippen LogP contribution in [0, 0.1) is 0 Å². The summed E-state index contributed by atoms with van der Waals surface area (Å²) in [7, 11) is 0. The van der Waals surface area contributed by atoms with Crippen LogP contribution in [0.1, 0.15) is 110 Å². The summed E-state index contributed by atoms with van der Waals surface area (Å²) in [5.41, 5.74) is 0. The van der Waals surface area contributed by atoms with Crippen molar-refractivity contribution in [1.82, 2.24) is 5.32 Å². The molecule has 0 aromatic heterocycles. The van der Waals surface area contributed by atoms with Gasteiger partial charge in [-0.1, -0.05) is 103 Å². The van der Waals surface area contributed by atoms with Gasteiger partial charge >= 0.3 is 6.09 Å². The smallest absolute Gasteiger partial charge is 0.407 e. The van der Waals surface area contributed by atoms with Gasteiger partial charge in [0.15, 0.2) is 0 Å². The molecule has 0 unspecified atom stereocenters. The average molecular weight is 402 g/mol. The number of hydrogen-bond acceptors (Lipinski definition) is 4. The largest absolute Gasteiger partial charge is 0.447 e. The standard InChI is InChI=1S/C23H47NO4/c1-2-3-4-5-6-7-8-9-10-11-12-13-14-15-16-17-18-24-23(26)28-22-21-27-20-19-25/h25H,2-22H2,1H3,(H,24,26). The predicted molar refractivity (Wildman–Crippen MR) is 117 cm³/mol. The van der Waals surface area contributed by atoms with Crippen LogP contribution in [0.2, 0.25) is 0 Å². The van der Waals surface area contributed by atoms with Gasteiger partial charge in [-0.15, -0.1) is 0 Å². The number of rotatable bonds is 22. The summed E-state index contributed by atoms with van der Waals surface area (Å²) in [6.45, 7) is 3.78. The van der Waals surface area contributed by atoms with Crippen LogP contribution in [-0.4, -0.2) is 44.2 Å². The van der Waals surface area contributed by atoms with Crippen LogP contribution in [0.25, 0.3) is 0 Å². The van der Waals surface area contributed by atoms with E-state index < -0.39 is 0 Å². The number of carbonyl (C=O) groups excluding carboxylic acids is 1. The topological polar surface area (TPSA) is 67.8 Å². The van der Waals surface area contributed by atoms with Crippen molar-refractivity contribution in [2.75, 3.05) is 33.0 Å². The third-order valence-electron chi connectivity index (χ3n) is 5.00. The van der Waals surface area contributed by atoms with Gasteiger partial charge in [0, 0.05) is 6.54 Å². The molecule has 0 bridgehead atoms. The molecule has 0 radical (unpaired) electrons. The lowest BCUT2D eigenvalue weighted by molar-refractivity contribution is 0.0537. The molecule has 1 amide bonds. The van der Waals surface area contributed by atoms with Crippen LogP contribution in [0.15, 0.2) is 0 Å². The zero-order chi connectivity index (χ0) is 20.5. The summed E-state index contributed by atoms with van der Waals surface area (Å²) in [4.78, 5) is 11.4. The predicted octanol–water partition coefficient (Wildman–Crippen LogP) is 5.98. The summed E-state index contributed by atoms with van der Waals surface area (Å²) >= 11 is 0. The van der Waals surface area contributed by atoms with E-state index in [9.17, 15) is 4.79 Å². The van der Waals surface area contributed by atoms with Gasteiger partial charge in [-0.2, -0.15) is 0 Å². The molecule has 28 heavy (non-hydrogen) atoms. The molecule has 0 spiro atoms. The molecular weight excluding hydrogens is 354 g/mol. The van der Waals surface area contributed by atoms with Gasteiger partial charge in [0.05, 0.1) is 19.8 Å². The third kappa shape index (κ3) is 23.2. The van der Waals surface area contributed by atoms with Crippen molar-refractivity contribution in [2.45, 2.75) is 110 Å². The minimum Gasteiger partial charge on any atom is -0.447 e. The molecule has 0 rings (SSSR count). The quantitative estimate of drug-likeness (QED) is 0.219. The van der Waals surface area contributed by atoms with Gasteiger partial charge < -0.3 is 19.9 Å². The van der Waals surface area contributed by atoms with Gasteiger partial charge in [0.25, 0.3) is 0 Å². The van der Waals surface area contributed by atoms with Crippen LogP contribution in [0.3, 0.4) is 0 Å². The van der Waals surface area contributed by atoms with E-state index in [-0.39, 0.29) is 25.9 Å². The molecular formula is C23H47NO4. The SMILES string of the molecule is CCCCCCCCCCCCCCCCCCNC(=O)OCCOCCO. The Morgan fingerprint density at radius 3 is 1.61 bits per heavy atom. The maximum absolute atomic E-state index is 11.4. The second-order valence-electron chi connectivity index (χ2n) is 7.70. The number of hydrogen-bond donors (Lipinski definition) is 2. The first-order valence-electron chi connectivity index (χ1n) is 11.9. The number of carbonyl (C=O) groups is 1. The second-order valence-corrected chi connectivity index (χ2v) is 7.70. The Labute approximate surface area is 174 Å². The molecule has 0 aliphatic heterocycles. The molecule has 0 heterocycles. The highest BCUT2D eigenvalue weighted by atomic mass is 16.6. The lowest BCUT2D eigenvalue weighted by atomic mass is 10.0. The Morgan fingerprint density at radius 2 is 1.14 bits per heavy atom. The normalized spacial score (nSPS) is 10.9. The number of aliphatic hydroxyl groups excluding tert-OH is 1. The Balaban J connectivity index is 3.09. The van der Waals surface area contributed by atoms with E-state index in [0.29, 0.717) is 13.2 Å². The number of ether oxygens (including phenoxy) is 2. The summed E-state index contributed by atoms with van der Waals surface area (Å²) in [5.74, 6) is 0. The molecule has 0 aromatic rings. The van der Waals surface area contributed by atoms with Crippen molar-refractivity contribution in [3.8, 4) is 0 Å². The molecule has 0 fully saturated rings. The molecule has 0 saturated carbocycles. The molecule has 0 aliphatic carbocycles. The number of unbranched alkanes of at least 4 members (excludes halogenated alkanes) is 15. The van der Waals surface area contributed by atoms with E-state index in [1.165, 1.54) is 89.9 Å². The van der Waals surface area contributed by atoms with Crippen molar-refractivity contribution in [3.63, 3.8) is 0 Å². The third-order valence-corrected chi connectivity index (χ3v) is 5.00. The van der Waals surface area contributed by atoms with Crippen molar-refractivity contribution in [1.29, 1.82) is 0 Å². The molecule has 0 aromatic carbocycles. The highest BCUT2D eigenvalue weighted by Gasteiger charge is 2.00. The van der Waals surface area contributed by atoms with Gasteiger partial charge in [0.2, 0.25) is 0 Å². The van der Waals surface area contributed by atoms with Crippen molar-refractivity contribution in [2.24, 2.45) is 0 Å². The van der Waals surface area contributed by atoms with Crippen molar-refractivity contribution >= 4 is 6.09 Å². The minimum absolute atomic E-state index is 0.00848. The second kappa shape index (κ2) is 24.2. The molecule has 5 heteroatoms. The van der Waals surface area contributed by atoms with Gasteiger partial charge in [0.1, 0.15) is 6.61 Å². The van der Waals surface area contributed by atoms with E-state index in [1.54, 1.807) is 0 Å². The summed E-state index contributed by atoms with van der Waals surface area (Å²) < 4.78 is 9.98. The fraction of sp³-hybridized carbons (Fsp3) is 0.957. The summed E-state index contributed by atoms with van der Waals surface area (Å²) in [6.07, 6.45) is 21.2. The first-order valence-corrected chi connectivity index (χ1v) is 11.9. The Hall–Kier alpha value is -0.810. The van der Waals surface area contributed by atoms with E-state index in [0.717, 1.165) is 12.8 Å². The Kier molecular flexibility index (Phi) is 23.5. The fourth-order valence-electron chi connectivity index (χ4n) is 3.27. The zero-order valence-electron chi connectivity index (χ0n) is 18.5. The average Bonchev–Trinajstić information content (AvgIpc) is 2.70. The number of nitrogens with one attached hydrogen (secondary N) is 1. The molecule has 0 atom stereocenters. The van der Waals surface area contributed by atoms with Gasteiger partial charge in [-0.3, -0.25) is 0 Å². The molecule has 0 aliphatic rings. The minimum atomic E-state index is -0.381. The lowest BCUT2D eigenvalue weighted by Gasteiger charge is -2.07. The van der Waals surface area contributed by atoms with Crippen molar-refractivity contribution in [3.05, 3.63) is 0 Å². The fourth-order valence-corrected chi connectivity index (χ4v) is 3.27. The summed E-state index contributed by atoms with van der Waals surface area (Å²) in [5, 5.41) is 11.3. The molecule has 168 valence electrons. The summed E-state index contributed by atoms with van der Waals surface area (Å²) in [6, 6.07) is 0. The maximum atomic E-state index is 11.4. The lowest BCUT2D eigenvalue weighted by Crippen LogP contribution is -2.26. The van der Waals surface area contributed by atoms with Crippen LogP contribution in [0.4, 0.5) is 4.79 Å². The monoisotopic (exact) mass is 401 g/mol. The van der Waals surface area contributed by atoms with Crippen LogP contribution in [0.5, 0.6) is 0 Å². The molecule has 2 N–H and O–H groups in total. The number of amides is 1. The highest BCUT2D eigenvalue weighted by Crippen LogP contribution is 2.13. The molecule has 0 saturated heterocycles. The number of alkyl carbamates (subject to hydrolysis) is 1. The maximum Gasteiger partial charge on any atom is 0.407 e. The van der Waals surface area contributed by atoms with Gasteiger partial charge in [-0.05, 0) is 6.42 Å². The first kappa shape index (κ1) is 27.2. The Morgan fingerprint density at radius 1 is 0.679 bits per heavy atom. The van der Waals surface area contributed by atoms with Crippen LogP contribution >= 0.6 is 0 Å². The first-order chi connectivity index (χ1) is 13.8. The van der Waals surface area contributed by atoms with Crippen LogP contribution < -0.4 is 5.32 Å². The van der Waals surface area contributed by atoms with E-state index in [1.807, 2.05) is 0 Å². The van der Waals surface area contributed by atoms with E-state index in [2.05, 4.69) is 12.2 Å². The Bertz CT molecular complexity index is 313. The van der Waals surface area contributed by atoms with E-state index in [4.69, 9.17) is 14.6 Å². The van der Waals surface area contributed by atoms with Crippen LogP contribution in [-0.2, 0) is 9.47 Å². The highest BCUT2D eigenvalue weighted by molar-refractivity contribution is 5.66. The number of aliphatic hydroxyl groups is 1. The molecule has 5 nitrogen and oxygen atoms in total.